The molecule has 2 aromatic rings. The number of halogens is 1. The van der Waals surface area contributed by atoms with E-state index in [9.17, 15) is 24.3 Å². The van der Waals surface area contributed by atoms with E-state index in [0.717, 1.165) is 5.56 Å². The maximum absolute atomic E-state index is 13.3. The van der Waals surface area contributed by atoms with Crippen molar-refractivity contribution < 1.29 is 38.5 Å². The molecule has 242 valence electrons. The zero-order chi connectivity index (χ0) is 32.7. The molecule has 1 saturated heterocycles. The highest BCUT2D eigenvalue weighted by atomic mass is 35.5. The fraction of sp³-hybridized carbons (Fsp3) is 0.455. The first-order chi connectivity index (χ1) is 21.4. The molecule has 4 rings (SSSR count). The van der Waals surface area contributed by atoms with Crippen LogP contribution in [0.25, 0.3) is 0 Å². The molecule has 2 aliphatic heterocycles. The number of nitrogens with one attached hydrogen (secondary N) is 3. The van der Waals surface area contributed by atoms with Gasteiger partial charge < -0.3 is 35.3 Å². The van der Waals surface area contributed by atoms with Gasteiger partial charge in [-0.3, -0.25) is 14.4 Å². The second kappa shape index (κ2) is 14.9. The lowest BCUT2D eigenvalue weighted by Crippen LogP contribution is -2.54. The van der Waals surface area contributed by atoms with E-state index < -0.39 is 53.9 Å². The average molecular weight is 642 g/mol. The number of cyclic esters (lactones) is 1. The zero-order valence-corrected chi connectivity index (χ0v) is 26.5. The standard InChI is InChI=1S/C33H40ClN3O8/c1-19(28-29(45-28)21-9-6-5-7-10-21)25-11-8-12-27(39)36-23(16-20-13-14-26(43-4)22(34)15-20)30(40)35-18-33(2,3)32(42)37-24(17-38)31(41)44-25/h5-10,12-15,19,23-25,28-29,38H,11,16-18H2,1-4H3,(H,35,40)(H,36,39)(H,37,42)/b12-8+/t19-,23+,24-,25-,28+,29+/m0/s1. The molecule has 2 heterocycles. The summed E-state index contributed by atoms with van der Waals surface area (Å²) in [6, 6.07) is 12.4. The van der Waals surface area contributed by atoms with Crippen molar-refractivity contribution in [1.29, 1.82) is 0 Å². The van der Waals surface area contributed by atoms with E-state index in [1.807, 2.05) is 37.3 Å². The van der Waals surface area contributed by atoms with Crippen LogP contribution in [0.2, 0.25) is 5.02 Å². The predicted molar refractivity (Wildman–Crippen MR) is 166 cm³/mol. The zero-order valence-electron chi connectivity index (χ0n) is 25.7. The van der Waals surface area contributed by atoms with Crippen LogP contribution in [0.1, 0.15) is 44.4 Å². The van der Waals surface area contributed by atoms with Crippen LogP contribution in [-0.4, -0.2) is 73.4 Å². The SMILES string of the molecule is COc1ccc(C[C@H]2NC(=O)/C=C/C[C@@H]([C@H](C)[C@H]3O[C@@H]3c3ccccc3)OC(=O)[C@H](CO)NC(=O)C(C)(C)CNC2=O)cc1Cl. The lowest BCUT2D eigenvalue weighted by Gasteiger charge is -2.29. The minimum absolute atomic E-state index is 0.115. The molecule has 12 heteroatoms. The second-order valence-corrected chi connectivity index (χ2v) is 12.4. The number of hydrogen-bond donors (Lipinski definition) is 4. The fourth-order valence-electron chi connectivity index (χ4n) is 5.10. The van der Waals surface area contributed by atoms with Gasteiger partial charge >= 0.3 is 5.97 Å². The molecule has 6 atom stereocenters. The Hall–Kier alpha value is -3.93. The third-order valence-electron chi connectivity index (χ3n) is 8.04. The summed E-state index contributed by atoms with van der Waals surface area (Å²) in [5, 5.41) is 18.4. The van der Waals surface area contributed by atoms with E-state index in [1.54, 1.807) is 38.1 Å². The summed E-state index contributed by atoms with van der Waals surface area (Å²) in [7, 11) is 1.49. The molecule has 0 bridgehead atoms. The molecule has 11 nitrogen and oxygen atoms in total. The van der Waals surface area contributed by atoms with Gasteiger partial charge in [-0.1, -0.05) is 61.0 Å². The number of aliphatic hydroxyl groups is 1. The second-order valence-electron chi connectivity index (χ2n) is 11.9. The summed E-state index contributed by atoms with van der Waals surface area (Å²) in [6.45, 7) is 4.25. The van der Waals surface area contributed by atoms with Crippen LogP contribution in [0.15, 0.2) is 60.7 Å². The lowest BCUT2D eigenvalue weighted by molar-refractivity contribution is -0.157. The van der Waals surface area contributed by atoms with Gasteiger partial charge in [0.05, 0.1) is 30.3 Å². The summed E-state index contributed by atoms with van der Waals surface area (Å²) in [5.41, 5.74) is 0.491. The van der Waals surface area contributed by atoms with E-state index >= 15 is 0 Å². The number of hydrogen-bond acceptors (Lipinski definition) is 8. The summed E-state index contributed by atoms with van der Waals surface area (Å²) in [4.78, 5) is 52.7. The van der Waals surface area contributed by atoms with E-state index in [0.29, 0.717) is 16.3 Å². The molecular weight excluding hydrogens is 602 g/mol. The van der Waals surface area contributed by atoms with E-state index in [4.69, 9.17) is 25.8 Å². The van der Waals surface area contributed by atoms with Crippen molar-refractivity contribution in [2.24, 2.45) is 11.3 Å². The fourth-order valence-corrected chi connectivity index (χ4v) is 5.38. The Morgan fingerprint density at radius 2 is 1.80 bits per heavy atom. The summed E-state index contributed by atoms with van der Waals surface area (Å²) >= 11 is 6.29. The van der Waals surface area contributed by atoms with Crippen LogP contribution in [0, 0.1) is 11.3 Å². The Kier molecular flexibility index (Phi) is 11.2. The van der Waals surface area contributed by atoms with Gasteiger partial charge in [0.25, 0.3) is 0 Å². The van der Waals surface area contributed by atoms with E-state index in [2.05, 4.69) is 16.0 Å². The molecule has 0 radical (unpaired) electrons. The van der Waals surface area contributed by atoms with Gasteiger partial charge in [-0.25, -0.2) is 4.79 Å². The number of rotatable bonds is 7. The Labute approximate surface area is 267 Å². The topological polar surface area (TPSA) is 156 Å². The summed E-state index contributed by atoms with van der Waals surface area (Å²) in [5.74, 6) is -2.26. The first-order valence-electron chi connectivity index (χ1n) is 14.8. The van der Waals surface area contributed by atoms with Crippen molar-refractivity contribution in [3.63, 3.8) is 0 Å². The number of ether oxygens (including phenoxy) is 3. The third kappa shape index (κ3) is 8.84. The molecule has 2 aromatic carbocycles. The Morgan fingerprint density at radius 3 is 2.47 bits per heavy atom. The highest BCUT2D eigenvalue weighted by Crippen LogP contribution is 2.45. The molecule has 0 unspecified atom stereocenters. The van der Waals surface area contributed by atoms with Gasteiger partial charge in [-0.15, -0.1) is 0 Å². The van der Waals surface area contributed by atoms with Crippen LogP contribution in [0.5, 0.6) is 5.75 Å². The van der Waals surface area contributed by atoms with Crippen LogP contribution in [0.3, 0.4) is 0 Å². The van der Waals surface area contributed by atoms with Crippen LogP contribution in [-0.2, 0) is 35.1 Å². The van der Waals surface area contributed by atoms with Gasteiger partial charge in [0.15, 0.2) is 6.04 Å². The molecule has 2 aliphatic rings. The minimum Gasteiger partial charge on any atom is -0.495 e. The smallest absolute Gasteiger partial charge is 0.331 e. The monoisotopic (exact) mass is 641 g/mol. The van der Waals surface area contributed by atoms with Crippen molar-refractivity contribution in [1.82, 2.24) is 16.0 Å². The minimum atomic E-state index is -1.33. The lowest BCUT2D eigenvalue weighted by atomic mass is 9.91. The van der Waals surface area contributed by atoms with Gasteiger partial charge in [0.1, 0.15) is 24.0 Å². The molecule has 0 aliphatic carbocycles. The predicted octanol–water partition coefficient (Wildman–Crippen LogP) is 2.64. The number of carbonyl (C=O) groups excluding carboxylic acids is 4. The van der Waals surface area contributed by atoms with Crippen molar-refractivity contribution >= 4 is 35.3 Å². The molecule has 4 N–H and O–H groups in total. The van der Waals surface area contributed by atoms with Crippen LogP contribution >= 0.6 is 11.6 Å². The van der Waals surface area contributed by atoms with Crippen LogP contribution < -0.4 is 20.7 Å². The molecule has 45 heavy (non-hydrogen) atoms. The molecule has 0 saturated carbocycles. The molecule has 1 fully saturated rings. The first-order valence-corrected chi connectivity index (χ1v) is 15.2. The van der Waals surface area contributed by atoms with Gasteiger partial charge in [-0.05, 0) is 43.2 Å². The number of benzene rings is 2. The number of methoxy groups -OCH3 is 1. The maximum Gasteiger partial charge on any atom is 0.331 e. The largest absolute Gasteiger partial charge is 0.495 e. The van der Waals surface area contributed by atoms with Gasteiger partial charge in [0.2, 0.25) is 17.7 Å². The third-order valence-corrected chi connectivity index (χ3v) is 8.34. The summed E-state index contributed by atoms with van der Waals surface area (Å²) in [6.07, 6.45) is 1.95. The van der Waals surface area contributed by atoms with Gasteiger partial charge in [-0.2, -0.15) is 0 Å². The number of aliphatic hydroxyl groups excluding tert-OH is 1. The highest BCUT2D eigenvalue weighted by Gasteiger charge is 2.47. The highest BCUT2D eigenvalue weighted by molar-refractivity contribution is 6.32. The Balaban J connectivity index is 1.58. The van der Waals surface area contributed by atoms with Crippen molar-refractivity contribution in [3.8, 4) is 5.75 Å². The summed E-state index contributed by atoms with van der Waals surface area (Å²) < 4.78 is 17.0. The van der Waals surface area contributed by atoms with E-state index in [-0.39, 0.29) is 37.5 Å². The van der Waals surface area contributed by atoms with Crippen molar-refractivity contribution in [2.45, 2.75) is 64.0 Å². The number of esters is 1. The maximum atomic E-state index is 13.3. The van der Waals surface area contributed by atoms with E-state index in [1.165, 1.54) is 13.2 Å². The van der Waals surface area contributed by atoms with Crippen molar-refractivity contribution in [2.75, 3.05) is 20.3 Å². The molecular formula is C33H40ClN3O8. The number of amides is 3. The average Bonchev–Trinajstić information content (AvgIpc) is 3.82. The number of epoxide rings is 1. The quantitative estimate of drug-likeness (QED) is 0.266. The molecule has 0 spiro atoms. The van der Waals surface area contributed by atoms with Gasteiger partial charge in [0, 0.05) is 25.3 Å². The molecule has 3 amide bonds. The van der Waals surface area contributed by atoms with Crippen molar-refractivity contribution in [3.05, 3.63) is 76.8 Å². The number of carbonyl (C=O) groups is 4. The molecule has 0 aromatic heterocycles. The normalized spacial score (nSPS) is 27.3. The Morgan fingerprint density at radius 1 is 1.07 bits per heavy atom. The van der Waals surface area contributed by atoms with Crippen LogP contribution in [0.4, 0.5) is 0 Å². The Bertz CT molecular complexity index is 1420. The first kappa shape index (κ1) is 34.0.